The number of carbonyl (C=O) groups is 1. The number of anilines is 1. The number of likely N-dealkylation sites (tertiary alicyclic amines) is 1. The van der Waals surface area contributed by atoms with Gasteiger partial charge in [-0.05, 0) is 50.8 Å². The summed E-state index contributed by atoms with van der Waals surface area (Å²) in [5, 5.41) is 3.06. The molecule has 2 amide bonds. The average molecular weight is 334 g/mol. The maximum absolute atomic E-state index is 12.6. The van der Waals surface area contributed by atoms with Crippen molar-refractivity contribution in [2.75, 3.05) is 32.1 Å². The predicted molar refractivity (Wildman–Crippen MR) is 96.3 cm³/mol. The number of piperidine rings is 1. The minimum atomic E-state index is -0.0270. The number of benzene rings is 1. The lowest BCUT2D eigenvalue weighted by atomic mass is 9.99. The van der Waals surface area contributed by atoms with Gasteiger partial charge in [0.05, 0.1) is 19.3 Å². The Morgan fingerprint density at radius 3 is 2.92 bits per heavy atom. The first kappa shape index (κ1) is 18.7. The summed E-state index contributed by atoms with van der Waals surface area (Å²) in [5.41, 5.74) is 3.04. The molecule has 1 atom stereocenters. The predicted octanol–water partition coefficient (Wildman–Crippen LogP) is 3.81. The molecule has 0 saturated carbocycles. The van der Waals surface area contributed by atoms with Crippen LogP contribution in [0.3, 0.4) is 0 Å². The van der Waals surface area contributed by atoms with Crippen molar-refractivity contribution in [3.63, 3.8) is 0 Å². The lowest BCUT2D eigenvalue weighted by Gasteiger charge is -2.32. The van der Waals surface area contributed by atoms with E-state index in [1.165, 1.54) is 0 Å². The molecule has 0 aliphatic carbocycles. The van der Waals surface area contributed by atoms with E-state index in [-0.39, 0.29) is 12.1 Å². The van der Waals surface area contributed by atoms with Crippen LogP contribution in [-0.2, 0) is 16.1 Å². The fourth-order valence-corrected chi connectivity index (χ4v) is 3.05. The topological polar surface area (TPSA) is 50.8 Å². The minimum absolute atomic E-state index is 0.0270. The van der Waals surface area contributed by atoms with E-state index in [0.29, 0.717) is 19.1 Å². The normalized spacial score (nSPS) is 18.0. The van der Waals surface area contributed by atoms with Gasteiger partial charge in [0.25, 0.3) is 0 Å². The number of hydrogen-bond donors (Lipinski definition) is 1. The molecule has 0 spiro atoms. The largest absolute Gasteiger partial charge is 0.384 e. The molecular formula is C19H30N2O3. The molecule has 1 heterocycles. The summed E-state index contributed by atoms with van der Waals surface area (Å²) in [6, 6.07) is 5.93. The number of methoxy groups -OCH3 is 1. The SMILES string of the molecule is COC[C@H]1CCCN(C(=O)Nc2cccc(COC(C)C)c2C)C1. The van der Waals surface area contributed by atoms with Gasteiger partial charge in [-0.1, -0.05) is 12.1 Å². The van der Waals surface area contributed by atoms with Crippen LogP contribution in [0.5, 0.6) is 0 Å². The smallest absolute Gasteiger partial charge is 0.321 e. The molecule has 5 heteroatoms. The number of amides is 2. The van der Waals surface area contributed by atoms with Crippen molar-refractivity contribution in [2.24, 2.45) is 5.92 Å². The maximum atomic E-state index is 12.6. The molecule has 1 N–H and O–H groups in total. The number of rotatable bonds is 6. The molecule has 24 heavy (non-hydrogen) atoms. The Morgan fingerprint density at radius 2 is 2.21 bits per heavy atom. The van der Waals surface area contributed by atoms with Crippen molar-refractivity contribution in [1.29, 1.82) is 0 Å². The molecule has 1 aromatic rings. The van der Waals surface area contributed by atoms with Crippen molar-refractivity contribution >= 4 is 11.7 Å². The van der Waals surface area contributed by atoms with E-state index in [9.17, 15) is 4.79 Å². The van der Waals surface area contributed by atoms with Crippen LogP contribution in [-0.4, -0.2) is 43.8 Å². The molecule has 1 aromatic carbocycles. The molecule has 1 aliphatic rings. The van der Waals surface area contributed by atoms with Gasteiger partial charge in [-0.25, -0.2) is 4.79 Å². The number of nitrogens with zero attached hydrogens (tertiary/aromatic N) is 1. The Kier molecular flexibility index (Phi) is 7.06. The van der Waals surface area contributed by atoms with Gasteiger partial charge in [-0.3, -0.25) is 0 Å². The van der Waals surface area contributed by atoms with Gasteiger partial charge >= 0.3 is 6.03 Å². The quantitative estimate of drug-likeness (QED) is 0.860. The highest BCUT2D eigenvalue weighted by atomic mass is 16.5. The van der Waals surface area contributed by atoms with Crippen LogP contribution in [0.4, 0.5) is 10.5 Å². The van der Waals surface area contributed by atoms with Gasteiger partial charge in [0.1, 0.15) is 0 Å². The van der Waals surface area contributed by atoms with Gasteiger partial charge < -0.3 is 19.7 Å². The van der Waals surface area contributed by atoms with Gasteiger partial charge in [-0.15, -0.1) is 0 Å². The number of urea groups is 1. The first-order valence-electron chi connectivity index (χ1n) is 8.76. The zero-order valence-electron chi connectivity index (χ0n) is 15.3. The first-order valence-corrected chi connectivity index (χ1v) is 8.76. The van der Waals surface area contributed by atoms with Gasteiger partial charge in [-0.2, -0.15) is 0 Å². The maximum Gasteiger partial charge on any atom is 0.321 e. The molecule has 134 valence electrons. The summed E-state index contributed by atoms with van der Waals surface area (Å²) >= 11 is 0. The minimum Gasteiger partial charge on any atom is -0.384 e. The van der Waals surface area contributed by atoms with Crippen molar-refractivity contribution in [2.45, 2.75) is 46.3 Å². The Balaban J connectivity index is 1.99. The second kappa shape index (κ2) is 9.04. The first-order chi connectivity index (χ1) is 11.5. The fraction of sp³-hybridized carbons (Fsp3) is 0.632. The summed E-state index contributed by atoms with van der Waals surface area (Å²) in [4.78, 5) is 14.5. The summed E-state index contributed by atoms with van der Waals surface area (Å²) in [6.45, 7) is 8.91. The summed E-state index contributed by atoms with van der Waals surface area (Å²) in [5.74, 6) is 0.432. The Morgan fingerprint density at radius 1 is 1.42 bits per heavy atom. The Hall–Kier alpha value is -1.59. The summed E-state index contributed by atoms with van der Waals surface area (Å²) < 4.78 is 10.9. The third-order valence-corrected chi connectivity index (χ3v) is 4.47. The van der Waals surface area contributed by atoms with Crippen molar-refractivity contribution in [3.8, 4) is 0 Å². The molecule has 1 fully saturated rings. The number of nitrogens with one attached hydrogen (secondary N) is 1. The van der Waals surface area contributed by atoms with Crippen molar-refractivity contribution in [3.05, 3.63) is 29.3 Å². The number of hydrogen-bond acceptors (Lipinski definition) is 3. The highest BCUT2D eigenvalue weighted by Crippen LogP contribution is 2.22. The van der Waals surface area contributed by atoms with E-state index in [4.69, 9.17) is 9.47 Å². The van der Waals surface area contributed by atoms with Gasteiger partial charge in [0.15, 0.2) is 0 Å². The van der Waals surface area contributed by atoms with Crippen LogP contribution in [0.15, 0.2) is 18.2 Å². The average Bonchev–Trinajstić information content (AvgIpc) is 2.56. The van der Waals surface area contributed by atoms with E-state index in [0.717, 1.165) is 42.7 Å². The van der Waals surface area contributed by atoms with E-state index < -0.39 is 0 Å². The van der Waals surface area contributed by atoms with Crippen LogP contribution in [0, 0.1) is 12.8 Å². The van der Waals surface area contributed by atoms with E-state index in [1.807, 2.05) is 43.9 Å². The van der Waals surface area contributed by atoms with E-state index >= 15 is 0 Å². The monoisotopic (exact) mass is 334 g/mol. The zero-order valence-corrected chi connectivity index (χ0v) is 15.3. The number of ether oxygens (including phenoxy) is 2. The van der Waals surface area contributed by atoms with Crippen LogP contribution < -0.4 is 5.32 Å². The Bertz CT molecular complexity index is 543. The van der Waals surface area contributed by atoms with Crippen molar-refractivity contribution in [1.82, 2.24) is 4.90 Å². The van der Waals surface area contributed by atoms with Crippen LogP contribution >= 0.6 is 0 Å². The van der Waals surface area contributed by atoms with Gasteiger partial charge in [0.2, 0.25) is 0 Å². The lowest BCUT2D eigenvalue weighted by Crippen LogP contribution is -2.43. The van der Waals surface area contributed by atoms with Gasteiger partial charge in [0, 0.05) is 31.8 Å². The molecule has 5 nitrogen and oxygen atoms in total. The highest BCUT2D eigenvalue weighted by molar-refractivity contribution is 5.90. The summed E-state index contributed by atoms with van der Waals surface area (Å²) in [7, 11) is 1.72. The second-order valence-corrected chi connectivity index (χ2v) is 6.79. The lowest BCUT2D eigenvalue weighted by molar-refractivity contribution is 0.0654. The molecular weight excluding hydrogens is 304 g/mol. The molecule has 0 unspecified atom stereocenters. The third kappa shape index (κ3) is 5.21. The fourth-order valence-electron chi connectivity index (χ4n) is 3.05. The molecule has 0 bridgehead atoms. The van der Waals surface area contributed by atoms with E-state index in [1.54, 1.807) is 7.11 Å². The highest BCUT2D eigenvalue weighted by Gasteiger charge is 2.24. The zero-order chi connectivity index (χ0) is 17.5. The molecule has 0 aromatic heterocycles. The molecule has 2 rings (SSSR count). The standard InChI is InChI=1S/C19H30N2O3/c1-14(2)24-13-17-8-5-9-18(15(17)3)20-19(22)21-10-6-7-16(11-21)12-23-4/h5,8-9,14,16H,6-7,10-13H2,1-4H3,(H,20,22)/t16-/m0/s1. The third-order valence-electron chi connectivity index (χ3n) is 4.47. The van der Waals surface area contributed by atoms with Crippen LogP contribution in [0.1, 0.15) is 37.8 Å². The Labute approximate surface area is 145 Å². The second-order valence-electron chi connectivity index (χ2n) is 6.79. The summed E-state index contributed by atoms with van der Waals surface area (Å²) in [6.07, 6.45) is 2.34. The number of carbonyl (C=O) groups excluding carboxylic acids is 1. The van der Waals surface area contributed by atoms with Crippen molar-refractivity contribution < 1.29 is 14.3 Å². The van der Waals surface area contributed by atoms with E-state index in [2.05, 4.69) is 5.32 Å². The van der Waals surface area contributed by atoms with Crippen LogP contribution in [0.2, 0.25) is 0 Å². The molecule has 1 aliphatic heterocycles. The van der Waals surface area contributed by atoms with Crippen LogP contribution in [0.25, 0.3) is 0 Å². The molecule has 0 radical (unpaired) electrons. The molecule has 1 saturated heterocycles.